The number of fused-ring (bicyclic) bond motifs is 1. The van der Waals surface area contributed by atoms with Gasteiger partial charge in [-0.2, -0.15) is 13.2 Å². The molecule has 10 heteroatoms. The van der Waals surface area contributed by atoms with E-state index in [1.165, 1.54) is 36.5 Å². The Labute approximate surface area is 174 Å². The maximum Gasteiger partial charge on any atom is 0.404 e. The molecule has 7 nitrogen and oxygen atoms in total. The van der Waals surface area contributed by atoms with Crippen LogP contribution >= 0.6 is 0 Å². The van der Waals surface area contributed by atoms with Crippen LogP contribution in [0.25, 0.3) is 11.3 Å². The number of aliphatic hydroxyl groups is 2. The summed E-state index contributed by atoms with van der Waals surface area (Å²) in [4.78, 5) is 8.31. The standard InChI is InChI=1S/C21H17F3N2O5/c1-21(24)30-15-6-3-11(8-17(15)31-21)18-16(29-20(22)23)7-5-14(26-18)19(28)12-2-4-13(10-27)25-9-12/h2-9,19-20,27-28H,10H2,1H3/t19-,21?/m0/s1. The van der Waals surface area contributed by atoms with Crippen LogP contribution < -0.4 is 14.2 Å². The van der Waals surface area contributed by atoms with Gasteiger partial charge in [0.05, 0.1) is 18.0 Å². The van der Waals surface area contributed by atoms with Gasteiger partial charge in [-0.25, -0.2) is 4.98 Å². The van der Waals surface area contributed by atoms with Crippen LogP contribution in [0.1, 0.15) is 30.0 Å². The molecule has 2 N–H and O–H groups in total. The number of ether oxygens (including phenoxy) is 3. The molecule has 4 rings (SSSR count). The van der Waals surface area contributed by atoms with Crippen molar-refractivity contribution < 1.29 is 37.6 Å². The Balaban J connectivity index is 1.73. The summed E-state index contributed by atoms with van der Waals surface area (Å²) in [6.07, 6.45) is 0.159. The molecule has 1 aliphatic heterocycles. The molecule has 0 saturated heterocycles. The van der Waals surface area contributed by atoms with Crippen LogP contribution in [0.2, 0.25) is 0 Å². The lowest BCUT2D eigenvalue weighted by Crippen LogP contribution is -2.27. The van der Waals surface area contributed by atoms with Gasteiger partial charge in [-0.05, 0) is 36.4 Å². The van der Waals surface area contributed by atoms with Gasteiger partial charge in [0.1, 0.15) is 11.8 Å². The predicted molar refractivity (Wildman–Crippen MR) is 101 cm³/mol. The quantitative estimate of drug-likeness (QED) is 0.611. The first-order valence-electron chi connectivity index (χ1n) is 9.16. The molecule has 0 saturated carbocycles. The molecule has 0 radical (unpaired) electrons. The van der Waals surface area contributed by atoms with Gasteiger partial charge in [0.25, 0.3) is 0 Å². The SMILES string of the molecule is CC1(F)Oc2ccc(-c3nc([C@@H](O)c4ccc(CO)nc4)ccc3OC(F)F)cc2O1. The highest BCUT2D eigenvalue weighted by atomic mass is 19.3. The third-order valence-corrected chi connectivity index (χ3v) is 4.50. The zero-order chi connectivity index (χ0) is 22.2. The van der Waals surface area contributed by atoms with Crippen molar-refractivity contribution in [3.63, 3.8) is 0 Å². The number of rotatable bonds is 6. The average Bonchev–Trinajstić information content (AvgIpc) is 3.06. The van der Waals surface area contributed by atoms with Gasteiger partial charge in [-0.3, -0.25) is 4.98 Å². The number of hydrogen-bond donors (Lipinski definition) is 2. The number of aliphatic hydroxyl groups excluding tert-OH is 2. The van der Waals surface area contributed by atoms with E-state index in [4.69, 9.17) is 14.6 Å². The molecule has 0 fully saturated rings. The van der Waals surface area contributed by atoms with Crippen LogP contribution in [-0.4, -0.2) is 32.8 Å². The van der Waals surface area contributed by atoms with E-state index in [0.717, 1.165) is 6.92 Å². The Morgan fingerprint density at radius 3 is 2.55 bits per heavy atom. The molecule has 1 aliphatic rings. The normalized spacial score (nSPS) is 18.3. The Bertz CT molecular complexity index is 1090. The zero-order valence-electron chi connectivity index (χ0n) is 16.1. The Hall–Kier alpha value is -3.37. The van der Waals surface area contributed by atoms with E-state index in [1.54, 1.807) is 12.1 Å². The van der Waals surface area contributed by atoms with E-state index in [2.05, 4.69) is 14.7 Å². The van der Waals surface area contributed by atoms with Crippen molar-refractivity contribution in [3.05, 3.63) is 65.6 Å². The van der Waals surface area contributed by atoms with Crippen molar-refractivity contribution in [3.8, 4) is 28.5 Å². The summed E-state index contributed by atoms with van der Waals surface area (Å²) >= 11 is 0. The van der Waals surface area contributed by atoms with Crippen molar-refractivity contribution in [1.82, 2.24) is 9.97 Å². The van der Waals surface area contributed by atoms with Crippen LogP contribution in [0.15, 0.2) is 48.7 Å². The second kappa shape index (κ2) is 8.05. The van der Waals surface area contributed by atoms with Crippen LogP contribution in [0.4, 0.5) is 13.2 Å². The first kappa shape index (κ1) is 20.9. The third-order valence-electron chi connectivity index (χ3n) is 4.50. The van der Waals surface area contributed by atoms with Gasteiger partial charge in [0.15, 0.2) is 17.2 Å². The van der Waals surface area contributed by atoms with Crippen molar-refractivity contribution in [2.24, 2.45) is 0 Å². The second-order valence-corrected chi connectivity index (χ2v) is 6.81. The van der Waals surface area contributed by atoms with Gasteiger partial charge in [0, 0.05) is 24.2 Å². The van der Waals surface area contributed by atoms with E-state index < -0.39 is 18.8 Å². The topological polar surface area (TPSA) is 93.9 Å². The molecule has 1 aromatic carbocycles. The second-order valence-electron chi connectivity index (χ2n) is 6.81. The number of aromatic nitrogens is 2. The minimum absolute atomic E-state index is 0.00403. The molecule has 0 spiro atoms. The molecular weight excluding hydrogens is 417 g/mol. The summed E-state index contributed by atoms with van der Waals surface area (Å²) in [5, 5.41) is 19.8. The fourth-order valence-electron chi connectivity index (χ4n) is 3.11. The Morgan fingerprint density at radius 1 is 1.10 bits per heavy atom. The molecule has 1 unspecified atom stereocenters. The smallest absolute Gasteiger partial charge is 0.404 e. The third kappa shape index (κ3) is 4.39. The van der Waals surface area contributed by atoms with E-state index in [-0.39, 0.29) is 35.2 Å². The van der Waals surface area contributed by atoms with Gasteiger partial charge in [0.2, 0.25) is 0 Å². The molecular formula is C21H17F3N2O5. The number of pyridine rings is 2. The molecule has 0 amide bonds. The summed E-state index contributed by atoms with van der Waals surface area (Å²) in [6.45, 7) is -2.27. The van der Waals surface area contributed by atoms with Crippen LogP contribution in [0.3, 0.4) is 0 Å². The molecule has 0 aliphatic carbocycles. The number of halogens is 3. The first-order valence-corrected chi connectivity index (χ1v) is 9.16. The monoisotopic (exact) mass is 434 g/mol. The minimum atomic E-state index is -3.10. The first-order chi connectivity index (χ1) is 14.8. The Kier molecular flexibility index (Phi) is 5.42. The van der Waals surface area contributed by atoms with E-state index >= 15 is 0 Å². The lowest BCUT2D eigenvalue weighted by Gasteiger charge is -2.15. The highest BCUT2D eigenvalue weighted by Crippen LogP contribution is 2.43. The van der Waals surface area contributed by atoms with Crippen LogP contribution in [-0.2, 0) is 6.61 Å². The number of benzene rings is 1. The minimum Gasteiger partial charge on any atom is -0.432 e. The zero-order valence-corrected chi connectivity index (χ0v) is 16.1. The number of alkyl halides is 3. The summed E-state index contributed by atoms with van der Waals surface area (Å²) in [6, 6.07) is 7.65. The van der Waals surface area contributed by atoms with Crippen LogP contribution in [0, 0.1) is 0 Å². The summed E-state index contributed by atoms with van der Waals surface area (Å²) in [5.41, 5.74) is 1.24. The van der Waals surface area contributed by atoms with Gasteiger partial charge >= 0.3 is 12.7 Å². The molecule has 162 valence electrons. The van der Waals surface area contributed by atoms with E-state index in [1.807, 2.05) is 0 Å². The van der Waals surface area contributed by atoms with Crippen LogP contribution in [0.5, 0.6) is 17.2 Å². The number of hydrogen-bond acceptors (Lipinski definition) is 7. The Morgan fingerprint density at radius 2 is 1.87 bits per heavy atom. The van der Waals surface area contributed by atoms with E-state index in [0.29, 0.717) is 16.8 Å². The summed E-state index contributed by atoms with van der Waals surface area (Å²) < 4.78 is 54.4. The molecule has 2 atom stereocenters. The summed E-state index contributed by atoms with van der Waals surface area (Å²) in [7, 11) is 0. The fraction of sp³-hybridized carbons (Fsp3) is 0.238. The molecule has 3 aromatic rings. The van der Waals surface area contributed by atoms with Gasteiger partial charge < -0.3 is 24.4 Å². The molecule has 2 aromatic heterocycles. The lowest BCUT2D eigenvalue weighted by molar-refractivity contribution is -0.173. The largest absolute Gasteiger partial charge is 0.432 e. The van der Waals surface area contributed by atoms with Crippen molar-refractivity contribution >= 4 is 0 Å². The predicted octanol–water partition coefficient (Wildman–Crippen LogP) is 3.73. The van der Waals surface area contributed by atoms with Crippen molar-refractivity contribution in [2.75, 3.05) is 0 Å². The molecule has 31 heavy (non-hydrogen) atoms. The molecule has 0 bridgehead atoms. The average molecular weight is 434 g/mol. The maximum absolute atomic E-state index is 14.0. The highest BCUT2D eigenvalue weighted by molar-refractivity contribution is 5.70. The fourth-order valence-corrected chi connectivity index (χ4v) is 3.11. The lowest BCUT2D eigenvalue weighted by atomic mass is 10.0. The maximum atomic E-state index is 14.0. The van der Waals surface area contributed by atoms with Crippen molar-refractivity contribution in [1.29, 1.82) is 0 Å². The summed E-state index contributed by atoms with van der Waals surface area (Å²) in [5.74, 6) is -0.0139. The highest BCUT2D eigenvalue weighted by Gasteiger charge is 2.37. The van der Waals surface area contributed by atoms with Gasteiger partial charge in [-0.1, -0.05) is 6.07 Å². The van der Waals surface area contributed by atoms with Gasteiger partial charge in [-0.15, -0.1) is 0 Å². The van der Waals surface area contributed by atoms with E-state index in [9.17, 15) is 18.3 Å². The molecule has 3 heterocycles. The number of nitrogens with zero attached hydrogens (tertiary/aromatic N) is 2. The van der Waals surface area contributed by atoms with Crippen molar-refractivity contribution in [2.45, 2.75) is 32.3 Å².